The van der Waals surface area contributed by atoms with Crippen LogP contribution >= 0.6 is 0 Å². The summed E-state index contributed by atoms with van der Waals surface area (Å²) >= 11 is 0. The number of piperidine rings is 1. The first-order chi connectivity index (χ1) is 9.34. The second-order valence-electron chi connectivity index (χ2n) is 4.70. The summed E-state index contributed by atoms with van der Waals surface area (Å²) in [5, 5.41) is 8.57. The highest BCUT2D eigenvalue weighted by Gasteiger charge is 2.42. The number of rotatable bonds is 1. The number of nitrogens with zero attached hydrogens (tertiary/aromatic N) is 2. The summed E-state index contributed by atoms with van der Waals surface area (Å²) in [6.45, 7) is -0.166. The van der Waals surface area contributed by atoms with Crippen molar-refractivity contribution in [2.45, 2.75) is 19.0 Å². The van der Waals surface area contributed by atoms with E-state index in [0.29, 0.717) is 0 Å². The molecule has 1 saturated heterocycles. The summed E-state index contributed by atoms with van der Waals surface area (Å²) in [5.41, 5.74) is -0.689. The van der Waals surface area contributed by atoms with Gasteiger partial charge in [-0.25, -0.2) is 8.78 Å². The Labute approximate surface area is 112 Å². The Bertz CT molecular complexity index is 547. The summed E-state index contributed by atoms with van der Waals surface area (Å²) in [4.78, 5) is 1.18. The van der Waals surface area contributed by atoms with Gasteiger partial charge in [-0.05, 0) is 25.0 Å². The molecule has 7 heteroatoms. The van der Waals surface area contributed by atoms with Crippen LogP contribution in [-0.4, -0.2) is 19.3 Å². The molecule has 0 aromatic heterocycles. The van der Waals surface area contributed by atoms with Gasteiger partial charge in [-0.15, -0.1) is 0 Å². The SMILES string of the molecule is N#Cc1ccc(N2CCCC(C(F)(F)F)C2)c(F)c1F. The highest BCUT2D eigenvalue weighted by Crippen LogP contribution is 2.35. The summed E-state index contributed by atoms with van der Waals surface area (Å²) in [6, 6.07) is 3.71. The molecular formula is C13H11F5N2. The molecule has 0 saturated carbocycles. The van der Waals surface area contributed by atoms with Gasteiger partial charge < -0.3 is 4.90 Å². The molecule has 0 aliphatic carbocycles. The summed E-state index contributed by atoms with van der Waals surface area (Å²) in [5.74, 6) is -4.14. The van der Waals surface area contributed by atoms with Crippen molar-refractivity contribution in [1.82, 2.24) is 0 Å². The quantitative estimate of drug-likeness (QED) is 0.739. The van der Waals surface area contributed by atoms with Crippen molar-refractivity contribution in [3.8, 4) is 6.07 Å². The highest BCUT2D eigenvalue weighted by molar-refractivity contribution is 5.52. The van der Waals surface area contributed by atoms with Crippen LogP contribution in [0.15, 0.2) is 12.1 Å². The molecule has 20 heavy (non-hydrogen) atoms. The molecule has 2 nitrogen and oxygen atoms in total. The number of halogens is 5. The topological polar surface area (TPSA) is 27.0 Å². The average Bonchev–Trinajstić information content (AvgIpc) is 2.41. The van der Waals surface area contributed by atoms with Crippen LogP contribution in [0, 0.1) is 28.9 Å². The maximum atomic E-state index is 13.8. The Morgan fingerprint density at radius 3 is 2.50 bits per heavy atom. The third-order valence-electron chi connectivity index (χ3n) is 3.41. The minimum atomic E-state index is -4.35. The van der Waals surface area contributed by atoms with Gasteiger partial charge in [0.25, 0.3) is 0 Å². The van der Waals surface area contributed by atoms with Gasteiger partial charge in [0.1, 0.15) is 6.07 Å². The summed E-state index contributed by atoms with van der Waals surface area (Å²) in [6.07, 6.45) is -4.11. The van der Waals surface area contributed by atoms with Crippen molar-refractivity contribution in [2.75, 3.05) is 18.0 Å². The van der Waals surface area contributed by atoms with Gasteiger partial charge in [-0.1, -0.05) is 0 Å². The standard InChI is InChI=1S/C13H11F5N2/c14-11-8(6-19)3-4-10(12(11)15)20-5-1-2-9(7-20)13(16,17)18/h3-4,9H,1-2,5,7H2. The lowest BCUT2D eigenvalue weighted by molar-refractivity contribution is -0.176. The molecule has 1 aromatic carbocycles. The van der Waals surface area contributed by atoms with E-state index in [-0.39, 0.29) is 25.1 Å². The Balaban J connectivity index is 2.29. The number of hydrogen-bond acceptors (Lipinski definition) is 2. The number of alkyl halides is 3. The van der Waals surface area contributed by atoms with Gasteiger partial charge in [0, 0.05) is 13.1 Å². The van der Waals surface area contributed by atoms with Crippen molar-refractivity contribution < 1.29 is 22.0 Å². The first kappa shape index (κ1) is 14.6. The number of nitriles is 1. The molecule has 1 aliphatic heterocycles. The van der Waals surface area contributed by atoms with E-state index in [1.807, 2.05) is 0 Å². The molecule has 0 radical (unpaired) electrons. The molecule has 1 fully saturated rings. The molecule has 1 atom stereocenters. The van der Waals surface area contributed by atoms with Crippen molar-refractivity contribution in [1.29, 1.82) is 5.26 Å². The van der Waals surface area contributed by atoms with Gasteiger partial charge in [0.2, 0.25) is 0 Å². The third kappa shape index (κ3) is 2.69. The average molecular weight is 290 g/mol. The normalized spacial score (nSPS) is 19.8. The van der Waals surface area contributed by atoms with E-state index in [2.05, 4.69) is 0 Å². The molecule has 0 spiro atoms. The zero-order chi connectivity index (χ0) is 14.9. The fourth-order valence-electron chi connectivity index (χ4n) is 2.33. The van der Waals surface area contributed by atoms with E-state index in [9.17, 15) is 22.0 Å². The molecule has 1 unspecified atom stereocenters. The first-order valence-corrected chi connectivity index (χ1v) is 6.04. The van der Waals surface area contributed by atoms with Crippen LogP contribution in [0.4, 0.5) is 27.6 Å². The van der Waals surface area contributed by atoms with Gasteiger partial charge in [0.05, 0.1) is 17.2 Å². The molecule has 0 amide bonds. The largest absolute Gasteiger partial charge is 0.393 e. The van der Waals surface area contributed by atoms with Crippen LogP contribution in [0.3, 0.4) is 0 Å². The lowest BCUT2D eigenvalue weighted by atomic mass is 9.97. The van der Waals surface area contributed by atoms with E-state index in [0.717, 1.165) is 12.1 Å². The van der Waals surface area contributed by atoms with Crippen LogP contribution in [0.25, 0.3) is 0 Å². The van der Waals surface area contributed by atoms with Crippen molar-refractivity contribution in [3.05, 3.63) is 29.3 Å². The molecule has 108 valence electrons. The molecular weight excluding hydrogens is 279 g/mol. The lowest BCUT2D eigenvalue weighted by Gasteiger charge is -2.35. The number of anilines is 1. The summed E-state index contributed by atoms with van der Waals surface area (Å²) < 4.78 is 65.4. The molecule has 0 bridgehead atoms. The molecule has 0 N–H and O–H groups in total. The van der Waals surface area contributed by atoms with Crippen molar-refractivity contribution >= 4 is 5.69 Å². The van der Waals surface area contributed by atoms with Gasteiger partial charge >= 0.3 is 6.18 Å². The van der Waals surface area contributed by atoms with Crippen LogP contribution < -0.4 is 4.90 Å². The minimum absolute atomic E-state index is 0.0135. The Kier molecular flexibility index (Phi) is 3.84. The second kappa shape index (κ2) is 5.27. The first-order valence-electron chi connectivity index (χ1n) is 6.04. The Morgan fingerprint density at radius 2 is 1.90 bits per heavy atom. The predicted molar refractivity (Wildman–Crippen MR) is 62.1 cm³/mol. The highest BCUT2D eigenvalue weighted by atomic mass is 19.4. The minimum Gasteiger partial charge on any atom is -0.368 e. The Morgan fingerprint density at radius 1 is 1.20 bits per heavy atom. The van der Waals surface area contributed by atoms with Crippen molar-refractivity contribution in [2.24, 2.45) is 5.92 Å². The zero-order valence-corrected chi connectivity index (χ0v) is 10.3. The monoisotopic (exact) mass is 290 g/mol. The van der Waals surface area contributed by atoms with E-state index < -0.39 is 35.8 Å². The second-order valence-corrected chi connectivity index (χ2v) is 4.70. The maximum Gasteiger partial charge on any atom is 0.393 e. The van der Waals surface area contributed by atoms with Crippen LogP contribution in [0.5, 0.6) is 0 Å². The molecule has 1 heterocycles. The van der Waals surface area contributed by atoms with E-state index in [4.69, 9.17) is 5.26 Å². The smallest absolute Gasteiger partial charge is 0.368 e. The van der Waals surface area contributed by atoms with Crippen molar-refractivity contribution in [3.63, 3.8) is 0 Å². The van der Waals surface area contributed by atoms with Crippen LogP contribution in [-0.2, 0) is 0 Å². The predicted octanol–water partition coefficient (Wildman–Crippen LogP) is 3.62. The van der Waals surface area contributed by atoms with Gasteiger partial charge in [-0.2, -0.15) is 18.4 Å². The maximum absolute atomic E-state index is 13.8. The lowest BCUT2D eigenvalue weighted by Crippen LogP contribution is -2.42. The van der Waals surface area contributed by atoms with Gasteiger partial charge in [-0.3, -0.25) is 0 Å². The van der Waals surface area contributed by atoms with E-state index in [1.165, 1.54) is 11.0 Å². The van der Waals surface area contributed by atoms with Crippen LogP contribution in [0.2, 0.25) is 0 Å². The summed E-state index contributed by atoms with van der Waals surface area (Å²) in [7, 11) is 0. The molecule has 1 aromatic rings. The zero-order valence-electron chi connectivity index (χ0n) is 10.3. The molecule has 1 aliphatic rings. The fourth-order valence-corrected chi connectivity index (χ4v) is 2.33. The van der Waals surface area contributed by atoms with E-state index >= 15 is 0 Å². The molecule has 2 rings (SSSR count). The fraction of sp³-hybridized carbons (Fsp3) is 0.462. The van der Waals surface area contributed by atoms with E-state index in [1.54, 1.807) is 0 Å². The number of hydrogen-bond donors (Lipinski definition) is 0. The number of benzene rings is 1. The third-order valence-corrected chi connectivity index (χ3v) is 3.41. The van der Waals surface area contributed by atoms with Crippen LogP contribution in [0.1, 0.15) is 18.4 Å². The van der Waals surface area contributed by atoms with Gasteiger partial charge in [0.15, 0.2) is 11.6 Å². The Hall–Kier alpha value is -1.84.